The summed E-state index contributed by atoms with van der Waals surface area (Å²) in [5.41, 5.74) is -1.07. The predicted molar refractivity (Wildman–Crippen MR) is 63.1 cm³/mol. The van der Waals surface area contributed by atoms with Gasteiger partial charge in [0.25, 0.3) is 5.56 Å². The zero-order valence-corrected chi connectivity index (χ0v) is 9.89. The first kappa shape index (κ1) is 11.8. The van der Waals surface area contributed by atoms with E-state index in [1.807, 2.05) is 0 Å². The monoisotopic (exact) mass is 236 g/mol. The summed E-state index contributed by atoms with van der Waals surface area (Å²) in [6.45, 7) is 0. The van der Waals surface area contributed by atoms with Crippen LogP contribution in [0.15, 0.2) is 21.9 Å². The van der Waals surface area contributed by atoms with E-state index in [2.05, 4.69) is 0 Å². The van der Waals surface area contributed by atoms with E-state index < -0.39 is 11.2 Å². The minimum absolute atomic E-state index is 0.170. The molecule has 17 heavy (non-hydrogen) atoms. The van der Waals surface area contributed by atoms with Gasteiger partial charge < -0.3 is 4.57 Å². The van der Waals surface area contributed by atoms with Gasteiger partial charge in [-0.1, -0.05) is 19.3 Å². The third kappa shape index (κ3) is 2.23. The minimum Gasteiger partial charge on any atom is -0.303 e. The highest BCUT2D eigenvalue weighted by Gasteiger charge is 2.24. The maximum Gasteiger partial charge on any atom is 0.337 e. The summed E-state index contributed by atoms with van der Waals surface area (Å²) in [4.78, 5) is 35.5. The number of hydrogen-bond acceptors (Lipinski definition) is 3. The fourth-order valence-electron chi connectivity index (χ4n) is 2.30. The lowest BCUT2D eigenvalue weighted by Gasteiger charge is -2.20. The molecule has 0 spiro atoms. The minimum atomic E-state index is -0.548. The Hall–Kier alpha value is -1.65. The highest BCUT2D eigenvalue weighted by molar-refractivity contribution is 5.81. The van der Waals surface area contributed by atoms with Gasteiger partial charge in [-0.05, 0) is 12.8 Å². The number of aromatic nitrogens is 2. The van der Waals surface area contributed by atoms with Crippen LogP contribution in [0.2, 0.25) is 0 Å². The average molecular weight is 236 g/mol. The fourth-order valence-corrected chi connectivity index (χ4v) is 2.30. The maximum atomic E-state index is 12.1. The molecule has 1 aliphatic rings. The number of aryl methyl sites for hydroxylation is 1. The van der Waals surface area contributed by atoms with Crippen molar-refractivity contribution in [1.29, 1.82) is 0 Å². The average Bonchev–Trinajstić information content (AvgIpc) is 2.35. The van der Waals surface area contributed by atoms with Crippen LogP contribution in [0.3, 0.4) is 0 Å². The molecule has 0 aromatic carbocycles. The predicted octanol–water partition coefficient (Wildman–Crippen LogP) is 0.767. The van der Waals surface area contributed by atoms with Crippen LogP contribution in [-0.2, 0) is 7.05 Å². The Morgan fingerprint density at radius 2 is 1.88 bits per heavy atom. The van der Waals surface area contributed by atoms with E-state index in [9.17, 15) is 14.4 Å². The van der Waals surface area contributed by atoms with E-state index in [0.29, 0.717) is 0 Å². The van der Waals surface area contributed by atoms with Crippen molar-refractivity contribution in [2.75, 3.05) is 0 Å². The normalized spacial score (nSPS) is 17.0. The second kappa shape index (κ2) is 4.69. The van der Waals surface area contributed by atoms with Crippen molar-refractivity contribution >= 4 is 5.91 Å². The molecular weight excluding hydrogens is 220 g/mol. The molecule has 0 aliphatic heterocycles. The molecule has 0 radical (unpaired) electrons. The van der Waals surface area contributed by atoms with E-state index in [0.717, 1.165) is 36.7 Å². The molecule has 1 heterocycles. The van der Waals surface area contributed by atoms with Crippen molar-refractivity contribution < 1.29 is 4.79 Å². The van der Waals surface area contributed by atoms with Gasteiger partial charge in [-0.15, -0.1) is 0 Å². The summed E-state index contributed by atoms with van der Waals surface area (Å²) in [6.07, 6.45) is 6.07. The van der Waals surface area contributed by atoms with Crippen LogP contribution >= 0.6 is 0 Å². The van der Waals surface area contributed by atoms with Crippen molar-refractivity contribution in [1.82, 2.24) is 9.13 Å². The number of hydrogen-bond donors (Lipinski definition) is 0. The second-order valence-corrected chi connectivity index (χ2v) is 4.56. The number of carbonyl (C=O) groups is 1. The third-order valence-corrected chi connectivity index (χ3v) is 3.33. The Morgan fingerprint density at radius 3 is 2.53 bits per heavy atom. The van der Waals surface area contributed by atoms with E-state index in [4.69, 9.17) is 0 Å². The largest absolute Gasteiger partial charge is 0.337 e. The molecule has 5 nitrogen and oxygen atoms in total. The Morgan fingerprint density at radius 1 is 1.24 bits per heavy atom. The van der Waals surface area contributed by atoms with Gasteiger partial charge in [0.2, 0.25) is 5.91 Å². The van der Waals surface area contributed by atoms with Crippen molar-refractivity contribution in [2.45, 2.75) is 32.1 Å². The topological polar surface area (TPSA) is 61.1 Å². The molecule has 0 N–H and O–H groups in total. The third-order valence-electron chi connectivity index (χ3n) is 3.33. The molecule has 1 aliphatic carbocycles. The van der Waals surface area contributed by atoms with Crippen molar-refractivity contribution in [3.63, 3.8) is 0 Å². The Kier molecular flexibility index (Phi) is 3.26. The van der Waals surface area contributed by atoms with Gasteiger partial charge in [0.05, 0.1) is 0 Å². The molecule has 0 saturated heterocycles. The Labute approximate surface area is 98.7 Å². The van der Waals surface area contributed by atoms with Gasteiger partial charge in [-0.25, -0.2) is 4.79 Å². The summed E-state index contributed by atoms with van der Waals surface area (Å²) in [6, 6.07) is 1.25. The molecule has 0 bridgehead atoms. The molecular formula is C12H16N2O3. The maximum absolute atomic E-state index is 12.1. The molecule has 1 aromatic heterocycles. The molecule has 1 fully saturated rings. The van der Waals surface area contributed by atoms with Crippen LogP contribution < -0.4 is 11.2 Å². The number of rotatable bonds is 1. The highest BCUT2D eigenvalue weighted by atomic mass is 16.2. The van der Waals surface area contributed by atoms with E-state index in [1.165, 1.54) is 23.9 Å². The first-order chi connectivity index (χ1) is 8.11. The van der Waals surface area contributed by atoms with Gasteiger partial charge in [-0.3, -0.25) is 9.59 Å². The van der Waals surface area contributed by atoms with Crippen LogP contribution in [0.5, 0.6) is 0 Å². The molecule has 0 amide bonds. The van der Waals surface area contributed by atoms with Gasteiger partial charge in [0, 0.05) is 25.2 Å². The van der Waals surface area contributed by atoms with Crippen molar-refractivity contribution in [2.24, 2.45) is 13.0 Å². The SMILES string of the molecule is Cn1ccc(=O)n(C(=O)C2CCCCC2)c1=O. The molecule has 1 saturated carbocycles. The molecule has 2 rings (SSSR count). The van der Waals surface area contributed by atoms with Crippen LogP contribution in [0.1, 0.15) is 36.9 Å². The lowest BCUT2D eigenvalue weighted by Crippen LogP contribution is -2.44. The summed E-state index contributed by atoms with van der Waals surface area (Å²) in [5.74, 6) is -0.507. The molecule has 0 unspecified atom stereocenters. The molecule has 92 valence electrons. The lowest BCUT2D eigenvalue weighted by atomic mass is 9.88. The highest BCUT2D eigenvalue weighted by Crippen LogP contribution is 2.24. The van der Waals surface area contributed by atoms with E-state index >= 15 is 0 Å². The van der Waals surface area contributed by atoms with E-state index in [-0.39, 0.29) is 11.8 Å². The Balaban J connectivity index is 2.40. The number of carbonyl (C=O) groups excluding carboxylic acids is 1. The second-order valence-electron chi connectivity index (χ2n) is 4.56. The first-order valence-electron chi connectivity index (χ1n) is 5.94. The standard InChI is InChI=1S/C12H16N2O3/c1-13-8-7-10(15)14(12(13)17)11(16)9-5-3-2-4-6-9/h7-9H,2-6H2,1H3. The molecule has 0 atom stereocenters. The van der Waals surface area contributed by atoms with Gasteiger partial charge in [0.1, 0.15) is 0 Å². The summed E-state index contributed by atoms with van der Waals surface area (Å²) >= 11 is 0. The smallest absolute Gasteiger partial charge is 0.303 e. The molecule has 5 heteroatoms. The lowest BCUT2D eigenvalue weighted by molar-refractivity contribution is 0.0789. The summed E-state index contributed by atoms with van der Waals surface area (Å²) in [5, 5.41) is 0. The van der Waals surface area contributed by atoms with Crippen LogP contribution in [-0.4, -0.2) is 15.0 Å². The summed E-state index contributed by atoms with van der Waals surface area (Å²) < 4.78 is 2.03. The first-order valence-corrected chi connectivity index (χ1v) is 5.94. The fraction of sp³-hybridized carbons (Fsp3) is 0.583. The van der Waals surface area contributed by atoms with Gasteiger partial charge >= 0.3 is 5.69 Å². The zero-order valence-electron chi connectivity index (χ0n) is 9.89. The Bertz CT molecular complexity index is 535. The van der Waals surface area contributed by atoms with Crippen molar-refractivity contribution in [3.8, 4) is 0 Å². The summed E-state index contributed by atoms with van der Waals surface area (Å²) in [7, 11) is 1.53. The quantitative estimate of drug-likeness (QED) is 0.723. The van der Waals surface area contributed by atoms with Crippen LogP contribution in [0, 0.1) is 5.92 Å². The number of nitrogens with zero attached hydrogens (tertiary/aromatic N) is 2. The molecule has 1 aromatic rings. The zero-order chi connectivity index (χ0) is 12.4. The van der Waals surface area contributed by atoms with E-state index in [1.54, 1.807) is 0 Å². The van der Waals surface area contributed by atoms with Crippen LogP contribution in [0.4, 0.5) is 0 Å². The van der Waals surface area contributed by atoms with Crippen molar-refractivity contribution in [3.05, 3.63) is 33.1 Å². The van der Waals surface area contributed by atoms with Gasteiger partial charge in [0.15, 0.2) is 0 Å². The van der Waals surface area contributed by atoms with Crippen LogP contribution in [0.25, 0.3) is 0 Å². The van der Waals surface area contributed by atoms with Gasteiger partial charge in [-0.2, -0.15) is 4.57 Å².